The van der Waals surface area contributed by atoms with E-state index in [1.807, 2.05) is 14.0 Å². The molecule has 0 aliphatic carbocycles. The highest BCUT2D eigenvalue weighted by Crippen LogP contribution is 2.25. The average molecular weight is 268 g/mol. The van der Waals surface area contributed by atoms with Gasteiger partial charge in [0, 0.05) is 19.0 Å². The standard InChI is InChI=1S/C13H24N4O2/c1-6-16-12(8-11(14-5)7-9(2)3)13(17(18)19)10(4)15-16/h9,11,14H,6-8H2,1-5H3. The molecular formula is C13H24N4O2. The van der Waals surface area contributed by atoms with Crippen molar-refractivity contribution >= 4 is 5.69 Å². The van der Waals surface area contributed by atoms with Crippen molar-refractivity contribution in [3.05, 3.63) is 21.5 Å². The van der Waals surface area contributed by atoms with Crippen molar-refractivity contribution < 1.29 is 4.92 Å². The lowest BCUT2D eigenvalue weighted by Gasteiger charge is -2.18. The summed E-state index contributed by atoms with van der Waals surface area (Å²) in [5.74, 6) is 0.551. The average Bonchev–Trinajstić information content (AvgIpc) is 2.63. The van der Waals surface area contributed by atoms with E-state index in [0.717, 1.165) is 12.1 Å². The first-order valence-corrected chi connectivity index (χ1v) is 6.78. The van der Waals surface area contributed by atoms with Crippen molar-refractivity contribution in [3.63, 3.8) is 0 Å². The minimum Gasteiger partial charge on any atom is -0.317 e. The second kappa shape index (κ2) is 6.65. The number of nitro groups is 1. The molecular weight excluding hydrogens is 244 g/mol. The van der Waals surface area contributed by atoms with Crippen LogP contribution < -0.4 is 5.32 Å². The number of aromatic nitrogens is 2. The molecule has 0 saturated carbocycles. The summed E-state index contributed by atoms with van der Waals surface area (Å²) < 4.78 is 1.75. The van der Waals surface area contributed by atoms with E-state index in [0.29, 0.717) is 24.6 Å². The van der Waals surface area contributed by atoms with E-state index in [4.69, 9.17) is 0 Å². The van der Waals surface area contributed by atoms with Crippen molar-refractivity contribution in [2.45, 2.75) is 53.1 Å². The lowest BCUT2D eigenvalue weighted by atomic mass is 9.99. The van der Waals surface area contributed by atoms with Gasteiger partial charge in [-0.2, -0.15) is 5.10 Å². The second-order valence-electron chi connectivity index (χ2n) is 5.27. The van der Waals surface area contributed by atoms with Crippen LogP contribution in [0.2, 0.25) is 0 Å². The molecule has 1 rings (SSSR count). The first kappa shape index (κ1) is 15.6. The Bertz CT molecular complexity index is 440. The van der Waals surface area contributed by atoms with E-state index in [2.05, 4.69) is 24.3 Å². The van der Waals surface area contributed by atoms with Gasteiger partial charge in [-0.1, -0.05) is 13.8 Å². The number of likely N-dealkylation sites (N-methyl/N-ethyl adjacent to an activating group) is 1. The van der Waals surface area contributed by atoms with Crippen LogP contribution in [0.5, 0.6) is 0 Å². The third-order valence-electron chi connectivity index (χ3n) is 3.28. The summed E-state index contributed by atoms with van der Waals surface area (Å²) in [6.07, 6.45) is 1.63. The molecule has 6 nitrogen and oxygen atoms in total. The van der Waals surface area contributed by atoms with Gasteiger partial charge in [-0.15, -0.1) is 0 Å². The minimum absolute atomic E-state index is 0.172. The normalized spacial score (nSPS) is 12.9. The Balaban J connectivity index is 3.06. The summed E-state index contributed by atoms with van der Waals surface area (Å²) in [5.41, 5.74) is 1.40. The summed E-state index contributed by atoms with van der Waals surface area (Å²) in [7, 11) is 1.90. The van der Waals surface area contributed by atoms with E-state index >= 15 is 0 Å². The molecule has 1 aromatic rings. The maximum Gasteiger partial charge on any atom is 0.313 e. The fraction of sp³-hybridized carbons (Fsp3) is 0.769. The van der Waals surface area contributed by atoms with Crippen LogP contribution in [0, 0.1) is 23.0 Å². The molecule has 0 bridgehead atoms. The fourth-order valence-corrected chi connectivity index (χ4v) is 2.43. The Labute approximate surface area is 114 Å². The molecule has 6 heteroatoms. The van der Waals surface area contributed by atoms with Gasteiger partial charge in [-0.3, -0.25) is 14.8 Å². The highest BCUT2D eigenvalue weighted by Gasteiger charge is 2.26. The first-order valence-electron chi connectivity index (χ1n) is 6.78. The molecule has 1 atom stereocenters. The van der Waals surface area contributed by atoms with Crippen LogP contribution in [0.3, 0.4) is 0 Å². The lowest BCUT2D eigenvalue weighted by Crippen LogP contribution is -2.30. The molecule has 0 fully saturated rings. The summed E-state index contributed by atoms with van der Waals surface area (Å²) >= 11 is 0. The van der Waals surface area contributed by atoms with E-state index in [9.17, 15) is 10.1 Å². The number of nitrogens with one attached hydrogen (secondary N) is 1. The van der Waals surface area contributed by atoms with Crippen LogP contribution in [-0.2, 0) is 13.0 Å². The van der Waals surface area contributed by atoms with Crippen LogP contribution in [0.1, 0.15) is 38.6 Å². The van der Waals surface area contributed by atoms with Crippen LogP contribution in [0.15, 0.2) is 0 Å². The highest BCUT2D eigenvalue weighted by molar-refractivity contribution is 5.41. The predicted octanol–water partition coefficient (Wildman–Crippen LogP) is 2.30. The Kier molecular flexibility index (Phi) is 5.47. The number of hydrogen-bond acceptors (Lipinski definition) is 4. The number of rotatable bonds is 7. The minimum atomic E-state index is -0.314. The van der Waals surface area contributed by atoms with Gasteiger partial charge in [0.1, 0.15) is 11.4 Å². The van der Waals surface area contributed by atoms with Gasteiger partial charge in [0.05, 0.1) is 4.92 Å². The van der Waals surface area contributed by atoms with Crippen molar-refractivity contribution in [1.82, 2.24) is 15.1 Å². The van der Waals surface area contributed by atoms with Crippen LogP contribution in [0.25, 0.3) is 0 Å². The quantitative estimate of drug-likeness (QED) is 0.608. The SMILES string of the molecule is CCn1nc(C)c([N+](=O)[O-])c1CC(CC(C)C)NC. The topological polar surface area (TPSA) is 73.0 Å². The molecule has 1 N–H and O–H groups in total. The Morgan fingerprint density at radius 1 is 1.47 bits per heavy atom. The van der Waals surface area contributed by atoms with Crippen molar-refractivity contribution in [2.24, 2.45) is 5.92 Å². The molecule has 0 saturated heterocycles. The molecule has 1 unspecified atom stereocenters. The number of nitrogens with zero attached hydrogens (tertiary/aromatic N) is 3. The second-order valence-corrected chi connectivity index (χ2v) is 5.27. The van der Waals surface area contributed by atoms with Gasteiger partial charge in [0.2, 0.25) is 0 Å². The predicted molar refractivity (Wildman–Crippen MR) is 75.3 cm³/mol. The van der Waals surface area contributed by atoms with E-state index < -0.39 is 0 Å². The zero-order valence-electron chi connectivity index (χ0n) is 12.4. The van der Waals surface area contributed by atoms with Gasteiger partial charge < -0.3 is 5.32 Å². The van der Waals surface area contributed by atoms with E-state index in [1.165, 1.54) is 0 Å². The molecule has 0 aliphatic heterocycles. The van der Waals surface area contributed by atoms with Crippen LogP contribution in [0.4, 0.5) is 5.69 Å². The first-order chi connectivity index (χ1) is 8.90. The molecule has 19 heavy (non-hydrogen) atoms. The van der Waals surface area contributed by atoms with Gasteiger partial charge in [-0.25, -0.2) is 0 Å². The zero-order chi connectivity index (χ0) is 14.6. The zero-order valence-corrected chi connectivity index (χ0v) is 12.4. The maximum atomic E-state index is 11.2. The summed E-state index contributed by atoms with van der Waals surface area (Å²) in [4.78, 5) is 10.9. The molecule has 0 aliphatic rings. The summed E-state index contributed by atoms with van der Waals surface area (Å²) in [6, 6.07) is 0.236. The molecule has 108 valence electrons. The van der Waals surface area contributed by atoms with Gasteiger partial charge in [-0.05, 0) is 33.2 Å². The molecule has 0 spiro atoms. The molecule has 0 aromatic carbocycles. The molecule has 0 radical (unpaired) electrons. The lowest BCUT2D eigenvalue weighted by molar-refractivity contribution is -0.386. The Hall–Kier alpha value is -1.43. The van der Waals surface area contributed by atoms with Crippen LogP contribution in [-0.4, -0.2) is 27.8 Å². The summed E-state index contributed by atoms with van der Waals surface area (Å²) in [6.45, 7) is 8.62. The van der Waals surface area contributed by atoms with E-state index in [-0.39, 0.29) is 16.7 Å². The Morgan fingerprint density at radius 2 is 2.11 bits per heavy atom. The van der Waals surface area contributed by atoms with Gasteiger partial charge in [0.15, 0.2) is 0 Å². The van der Waals surface area contributed by atoms with Crippen LogP contribution >= 0.6 is 0 Å². The third-order valence-corrected chi connectivity index (χ3v) is 3.28. The number of aryl methyl sites for hydroxylation is 2. The number of hydrogen-bond donors (Lipinski definition) is 1. The maximum absolute atomic E-state index is 11.2. The smallest absolute Gasteiger partial charge is 0.313 e. The third kappa shape index (κ3) is 3.76. The molecule has 1 aromatic heterocycles. The fourth-order valence-electron chi connectivity index (χ4n) is 2.43. The van der Waals surface area contributed by atoms with E-state index in [1.54, 1.807) is 11.6 Å². The largest absolute Gasteiger partial charge is 0.317 e. The molecule has 1 heterocycles. The summed E-state index contributed by atoms with van der Waals surface area (Å²) in [5, 5.41) is 18.7. The van der Waals surface area contributed by atoms with Gasteiger partial charge >= 0.3 is 5.69 Å². The van der Waals surface area contributed by atoms with Crippen molar-refractivity contribution in [3.8, 4) is 0 Å². The highest BCUT2D eigenvalue weighted by atomic mass is 16.6. The van der Waals surface area contributed by atoms with Gasteiger partial charge in [0.25, 0.3) is 0 Å². The van der Waals surface area contributed by atoms with Crippen molar-refractivity contribution in [1.29, 1.82) is 0 Å². The monoisotopic (exact) mass is 268 g/mol. The molecule has 0 amide bonds. The Morgan fingerprint density at radius 3 is 2.53 bits per heavy atom. The van der Waals surface area contributed by atoms with Crippen molar-refractivity contribution in [2.75, 3.05) is 7.05 Å².